The van der Waals surface area contributed by atoms with Crippen molar-refractivity contribution in [2.24, 2.45) is 0 Å². The summed E-state index contributed by atoms with van der Waals surface area (Å²) in [6.45, 7) is 1.86. The first-order valence-corrected chi connectivity index (χ1v) is 5.96. The second kappa shape index (κ2) is 6.38. The molecule has 1 aliphatic heterocycles. The number of nitrogens with two attached hydrogens (primary N) is 1. The first kappa shape index (κ1) is 16.0. The summed E-state index contributed by atoms with van der Waals surface area (Å²) < 4.78 is 4.61. The Morgan fingerprint density at radius 2 is 2.10 bits per heavy atom. The molecular formula is C13H15ClN2O4. The van der Waals surface area contributed by atoms with E-state index >= 15 is 0 Å². The Labute approximate surface area is 122 Å². The van der Waals surface area contributed by atoms with Gasteiger partial charge in [-0.1, -0.05) is 6.07 Å². The molecule has 0 aliphatic carbocycles. The molecule has 0 bridgehead atoms. The van der Waals surface area contributed by atoms with Crippen LogP contribution in [0.25, 0.3) is 0 Å². The molecule has 0 unspecified atom stereocenters. The molecule has 0 saturated carbocycles. The Morgan fingerprint density at radius 3 is 2.75 bits per heavy atom. The van der Waals surface area contributed by atoms with Crippen LogP contribution in [0.3, 0.4) is 0 Å². The number of rotatable bonds is 1. The fourth-order valence-electron chi connectivity index (χ4n) is 1.99. The van der Waals surface area contributed by atoms with E-state index in [-0.39, 0.29) is 25.6 Å². The highest BCUT2D eigenvalue weighted by Crippen LogP contribution is 2.21. The Bertz CT molecular complexity index is 559. The van der Waals surface area contributed by atoms with Gasteiger partial charge < -0.3 is 10.5 Å². The van der Waals surface area contributed by atoms with Gasteiger partial charge in [-0.05, 0) is 31.0 Å². The van der Waals surface area contributed by atoms with E-state index in [4.69, 9.17) is 5.73 Å². The minimum atomic E-state index is -1.01. The smallest absolute Gasteiger partial charge is 0.397 e. The number of imide groups is 1. The number of halogens is 1. The van der Waals surface area contributed by atoms with Crippen LogP contribution in [0.15, 0.2) is 18.2 Å². The third-order valence-electron chi connectivity index (χ3n) is 2.91. The maximum absolute atomic E-state index is 12.2. The lowest BCUT2D eigenvalue weighted by molar-refractivity contribution is -0.158. The largest absolute Gasteiger partial charge is 0.459 e. The average molecular weight is 299 g/mol. The molecule has 1 aromatic rings. The van der Waals surface area contributed by atoms with Crippen molar-refractivity contribution in [3.8, 4) is 0 Å². The number of ether oxygens (including phenoxy) is 1. The molecule has 0 saturated heterocycles. The highest BCUT2D eigenvalue weighted by molar-refractivity contribution is 6.36. The molecule has 20 heavy (non-hydrogen) atoms. The second-order valence-corrected chi connectivity index (χ2v) is 4.15. The quantitative estimate of drug-likeness (QED) is 0.470. The van der Waals surface area contributed by atoms with Gasteiger partial charge in [0.2, 0.25) is 0 Å². The van der Waals surface area contributed by atoms with Gasteiger partial charge in [0.25, 0.3) is 5.91 Å². The number of nitrogens with zero attached hydrogens (tertiary/aromatic N) is 1. The van der Waals surface area contributed by atoms with Crippen molar-refractivity contribution in [2.45, 2.75) is 13.3 Å². The van der Waals surface area contributed by atoms with E-state index in [9.17, 15) is 14.4 Å². The minimum Gasteiger partial charge on any atom is -0.459 e. The number of hydrogen-bond acceptors (Lipinski definition) is 5. The van der Waals surface area contributed by atoms with Crippen molar-refractivity contribution in [1.82, 2.24) is 4.90 Å². The number of carbonyl (C=O) groups is 3. The predicted molar refractivity (Wildman–Crippen MR) is 74.5 cm³/mol. The Morgan fingerprint density at radius 1 is 1.40 bits per heavy atom. The molecule has 108 valence electrons. The summed E-state index contributed by atoms with van der Waals surface area (Å²) in [6.07, 6.45) is 0.506. The lowest BCUT2D eigenvalue weighted by atomic mass is 9.98. The van der Waals surface area contributed by atoms with Crippen molar-refractivity contribution in [1.29, 1.82) is 0 Å². The highest BCUT2D eigenvalue weighted by Gasteiger charge is 2.33. The van der Waals surface area contributed by atoms with E-state index < -0.39 is 17.8 Å². The van der Waals surface area contributed by atoms with Crippen molar-refractivity contribution < 1.29 is 19.1 Å². The maximum Gasteiger partial charge on any atom is 0.397 e. The fourth-order valence-corrected chi connectivity index (χ4v) is 1.99. The molecule has 1 heterocycles. The maximum atomic E-state index is 12.2. The molecule has 1 aliphatic rings. The summed E-state index contributed by atoms with van der Waals surface area (Å²) in [7, 11) is 0. The standard InChI is InChI=1S/C13H14N2O4.ClH/c1-2-19-13(18)12(17)15-6-5-8-3-4-9(14)7-10(8)11(15)16;/h3-4,7H,2,5-6,14H2,1H3;1H. The van der Waals surface area contributed by atoms with Crippen LogP contribution in [0, 0.1) is 0 Å². The van der Waals surface area contributed by atoms with E-state index in [0.29, 0.717) is 17.7 Å². The first-order valence-electron chi connectivity index (χ1n) is 5.96. The molecule has 2 rings (SSSR count). The van der Waals surface area contributed by atoms with Gasteiger partial charge in [-0.15, -0.1) is 12.4 Å². The number of nitrogen functional groups attached to an aromatic ring is 1. The van der Waals surface area contributed by atoms with Crippen LogP contribution in [0.4, 0.5) is 5.69 Å². The molecule has 0 atom stereocenters. The number of carbonyl (C=O) groups excluding carboxylic acids is 3. The van der Waals surface area contributed by atoms with E-state index in [1.54, 1.807) is 19.1 Å². The average Bonchev–Trinajstić information content (AvgIpc) is 2.39. The fraction of sp³-hybridized carbons (Fsp3) is 0.308. The van der Waals surface area contributed by atoms with Crippen LogP contribution in [0.2, 0.25) is 0 Å². The van der Waals surface area contributed by atoms with E-state index in [1.807, 2.05) is 0 Å². The van der Waals surface area contributed by atoms with Crippen LogP contribution in [0.5, 0.6) is 0 Å². The summed E-state index contributed by atoms with van der Waals surface area (Å²) in [6, 6.07) is 4.98. The number of fused-ring (bicyclic) bond motifs is 1. The molecule has 7 heteroatoms. The molecule has 6 nitrogen and oxygen atoms in total. The number of hydrogen-bond donors (Lipinski definition) is 1. The molecule has 0 fully saturated rings. The normalized spacial score (nSPS) is 13.2. The topological polar surface area (TPSA) is 89.7 Å². The monoisotopic (exact) mass is 298 g/mol. The lowest BCUT2D eigenvalue weighted by Crippen LogP contribution is -2.45. The summed E-state index contributed by atoms with van der Waals surface area (Å²) >= 11 is 0. The van der Waals surface area contributed by atoms with Gasteiger partial charge in [0.15, 0.2) is 0 Å². The SMILES string of the molecule is CCOC(=O)C(=O)N1CCc2ccc(N)cc2C1=O.Cl. The highest BCUT2D eigenvalue weighted by atomic mass is 35.5. The van der Waals surface area contributed by atoms with E-state index in [1.165, 1.54) is 6.07 Å². The number of amides is 2. The molecule has 0 radical (unpaired) electrons. The second-order valence-electron chi connectivity index (χ2n) is 4.15. The zero-order valence-electron chi connectivity index (χ0n) is 10.9. The zero-order valence-corrected chi connectivity index (χ0v) is 11.7. The molecule has 2 N–H and O–H groups in total. The van der Waals surface area contributed by atoms with Crippen LogP contribution < -0.4 is 5.73 Å². The lowest BCUT2D eigenvalue weighted by Gasteiger charge is -2.26. The van der Waals surface area contributed by atoms with Crippen molar-refractivity contribution in [2.75, 3.05) is 18.9 Å². The number of anilines is 1. The summed E-state index contributed by atoms with van der Waals surface area (Å²) in [5.74, 6) is -2.45. The molecule has 1 aromatic carbocycles. The van der Waals surface area contributed by atoms with Crippen LogP contribution in [-0.4, -0.2) is 35.8 Å². The van der Waals surface area contributed by atoms with Gasteiger partial charge in [-0.2, -0.15) is 0 Å². The Hall–Kier alpha value is -2.08. The van der Waals surface area contributed by atoms with Gasteiger partial charge >= 0.3 is 11.9 Å². The van der Waals surface area contributed by atoms with Crippen molar-refractivity contribution in [3.63, 3.8) is 0 Å². The first-order chi connectivity index (χ1) is 9.04. The van der Waals surface area contributed by atoms with Crippen molar-refractivity contribution in [3.05, 3.63) is 29.3 Å². The molecule has 0 aromatic heterocycles. The summed E-state index contributed by atoms with van der Waals surface area (Å²) in [5, 5.41) is 0. The van der Waals surface area contributed by atoms with E-state index in [2.05, 4.69) is 4.74 Å². The van der Waals surface area contributed by atoms with Crippen molar-refractivity contribution >= 4 is 35.9 Å². The van der Waals surface area contributed by atoms with Crippen LogP contribution >= 0.6 is 12.4 Å². The minimum absolute atomic E-state index is 0. The van der Waals surface area contributed by atoms with Crippen LogP contribution in [0.1, 0.15) is 22.8 Å². The summed E-state index contributed by atoms with van der Waals surface area (Å²) in [5.41, 5.74) is 7.26. The number of benzene rings is 1. The van der Waals surface area contributed by atoms with Crippen LogP contribution in [-0.2, 0) is 20.7 Å². The third-order valence-corrected chi connectivity index (χ3v) is 2.91. The molecular weight excluding hydrogens is 284 g/mol. The zero-order chi connectivity index (χ0) is 14.0. The predicted octanol–water partition coefficient (Wildman–Crippen LogP) is 0.779. The Kier molecular flexibility index (Phi) is 5.10. The molecule has 0 spiro atoms. The third kappa shape index (κ3) is 2.91. The van der Waals surface area contributed by atoms with E-state index in [0.717, 1.165) is 10.5 Å². The number of esters is 1. The van der Waals surface area contributed by atoms with Gasteiger partial charge in [-0.3, -0.25) is 14.5 Å². The van der Waals surface area contributed by atoms with Gasteiger partial charge in [0, 0.05) is 17.8 Å². The summed E-state index contributed by atoms with van der Waals surface area (Å²) in [4.78, 5) is 36.2. The molecule has 2 amide bonds. The van der Waals surface area contributed by atoms with Gasteiger partial charge in [-0.25, -0.2) is 4.79 Å². The Balaban J connectivity index is 0.00000200. The van der Waals surface area contributed by atoms with Gasteiger partial charge in [0.05, 0.1) is 6.61 Å². The van der Waals surface area contributed by atoms with Gasteiger partial charge in [0.1, 0.15) is 0 Å².